The first-order valence-corrected chi connectivity index (χ1v) is 6.87. The molecule has 2 rings (SSSR count). The summed E-state index contributed by atoms with van der Waals surface area (Å²) < 4.78 is 10.4. The zero-order chi connectivity index (χ0) is 14.7. The summed E-state index contributed by atoms with van der Waals surface area (Å²) in [5.74, 6) is 1.29. The number of rotatable bonds is 4. The molecule has 1 aliphatic heterocycles. The third kappa shape index (κ3) is 2.99. The van der Waals surface area contributed by atoms with Gasteiger partial charge in [-0.15, -0.1) is 0 Å². The molecule has 1 aromatic carbocycles. The highest BCUT2D eigenvalue weighted by Crippen LogP contribution is 2.36. The van der Waals surface area contributed by atoms with E-state index < -0.39 is 0 Å². The van der Waals surface area contributed by atoms with E-state index in [9.17, 15) is 4.79 Å². The van der Waals surface area contributed by atoms with Gasteiger partial charge in [0.2, 0.25) is 5.91 Å². The molecule has 1 amide bonds. The Kier molecular flexibility index (Phi) is 4.73. The fourth-order valence-electron chi connectivity index (χ4n) is 2.34. The fourth-order valence-corrected chi connectivity index (χ4v) is 2.59. The van der Waals surface area contributed by atoms with E-state index in [0.717, 1.165) is 6.54 Å². The SMILES string of the molecule is COc1cc(OC)c(NC(=O)[C@@H]2CNC[C@H]2C)cc1Cl. The first kappa shape index (κ1) is 14.9. The van der Waals surface area contributed by atoms with E-state index in [2.05, 4.69) is 17.6 Å². The molecule has 110 valence electrons. The quantitative estimate of drug-likeness (QED) is 0.894. The predicted octanol–water partition coefficient (Wildman–Crippen LogP) is 2.15. The van der Waals surface area contributed by atoms with Gasteiger partial charge in [-0.3, -0.25) is 4.79 Å². The van der Waals surface area contributed by atoms with Crippen LogP contribution < -0.4 is 20.1 Å². The zero-order valence-corrected chi connectivity index (χ0v) is 12.6. The third-order valence-electron chi connectivity index (χ3n) is 3.59. The molecule has 1 fully saturated rings. The van der Waals surface area contributed by atoms with Crippen LogP contribution in [-0.4, -0.2) is 33.2 Å². The molecule has 1 heterocycles. The van der Waals surface area contributed by atoms with Gasteiger partial charge in [-0.2, -0.15) is 0 Å². The van der Waals surface area contributed by atoms with Crippen molar-refractivity contribution in [3.05, 3.63) is 17.2 Å². The van der Waals surface area contributed by atoms with Crippen LogP contribution in [0, 0.1) is 11.8 Å². The van der Waals surface area contributed by atoms with E-state index >= 15 is 0 Å². The van der Waals surface area contributed by atoms with Gasteiger partial charge in [0.05, 0.1) is 30.8 Å². The van der Waals surface area contributed by atoms with Gasteiger partial charge in [-0.25, -0.2) is 0 Å². The van der Waals surface area contributed by atoms with Gasteiger partial charge < -0.3 is 20.1 Å². The van der Waals surface area contributed by atoms with Crippen molar-refractivity contribution in [2.75, 3.05) is 32.6 Å². The molecule has 1 saturated heterocycles. The van der Waals surface area contributed by atoms with Gasteiger partial charge in [0, 0.05) is 12.6 Å². The molecule has 6 heteroatoms. The van der Waals surface area contributed by atoms with E-state index in [0.29, 0.717) is 34.7 Å². The van der Waals surface area contributed by atoms with Gasteiger partial charge in [0.1, 0.15) is 11.5 Å². The Balaban J connectivity index is 2.20. The van der Waals surface area contributed by atoms with Gasteiger partial charge >= 0.3 is 0 Å². The van der Waals surface area contributed by atoms with Crippen LogP contribution >= 0.6 is 11.6 Å². The van der Waals surface area contributed by atoms with Crippen LogP contribution in [-0.2, 0) is 4.79 Å². The number of anilines is 1. The van der Waals surface area contributed by atoms with E-state index in [1.165, 1.54) is 14.2 Å². The number of benzene rings is 1. The molecule has 20 heavy (non-hydrogen) atoms. The number of halogens is 1. The van der Waals surface area contributed by atoms with Crippen LogP contribution in [0.1, 0.15) is 6.92 Å². The van der Waals surface area contributed by atoms with Crippen LogP contribution in [0.15, 0.2) is 12.1 Å². The summed E-state index contributed by atoms with van der Waals surface area (Å²) >= 11 is 6.09. The molecular formula is C14H19ClN2O3. The van der Waals surface area contributed by atoms with Gasteiger partial charge in [0.25, 0.3) is 0 Å². The van der Waals surface area contributed by atoms with Gasteiger partial charge in [0.15, 0.2) is 0 Å². The number of hydrogen-bond donors (Lipinski definition) is 2. The number of methoxy groups -OCH3 is 2. The Labute approximate surface area is 123 Å². The van der Waals surface area contributed by atoms with E-state index in [-0.39, 0.29) is 11.8 Å². The summed E-state index contributed by atoms with van der Waals surface area (Å²) in [7, 11) is 3.07. The smallest absolute Gasteiger partial charge is 0.229 e. The molecule has 5 nitrogen and oxygen atoms in total. The largest absolute Gasteiger partial charge is 0.495 e. The highest BCUT2D eigenvalue weighted by Gasteiger charge is 2.30. The van der Waals surface area contributed by atoms with E-state index in [4.69, 9.17) is 21.1 Å². The Hall–Kier alpha value is -1.46. The minimum absolute atomic E-state index is 0.0259. The van der Waals surface area contributed by atoms with Crippen molar-refractivity contribution in [3.63, 3.8) is 0 Å². The minimum Gasteiger partial charge on any atom is -0.495 e. The normalized spacial score (nSPS) is 21.6. The Bertz CT molecular complexity index is 507. The highest BCUT2D eigenvalue weighted by atomic mass is 35.5. The highest BCUT2D eigenvalue weighted by molar-refractivity contribution is 6.32. The number of amides is 1. The molecule has 2 N–H and O–H groups in total. The summed E-state index contributed by atoms with van der Waals surface area (Å²) in [6.07, 6.45) is 0. The van der Waals surface area contributed by atoms with Crippen LogP contribution in [0.4, 0.5) is 5.69 Å². The summed E-state index contributed by atoms with van der Waals surface area (Å²) in [4.78, 5) is 12.3. The molecule has 0 aliphatic carbocycles. The Morgan fingerprint density at radius 2 is 2.00 bits per heavy atom. The molecule has 1 aromatic rings. The van der Waals surface area contributed by atoms with Crippen molar-refractivity contribution in [2.45, 2.75) is 6.92 Å². The van der Waals surface area contributed by atoms with Crippen LogP contribution in [0.3, 0.4) is 0 Å². The lowest BCUT2D eigenvalue weighted by Gasteiger charge is -2.17. The van der Waals surface area contributed by atoms with Gasteiger partial charge in [-0.1, -0.05) is 18.5 Å². The Morgan fingerprint density at radius 3 is 2.55 bits per heavy atom. The van der Waals surface area contributed by atoms with E-state index in [1.807, 2.05) is 0 Å². The molecule has 0 radical (unpaired) electrons. The molecule has 0 aromatic heterocycles. The fraction of sp³-hybridized carbons (Fsp3) is 0.500. The average Bonchev–Trinajstić information content (AvgIpc) is 2.85. The number of carbonyl (C=O) groups is 1. The summed E-state index contributed by atoms with van der Waals surface area (Å²) in [5, 5.41) is 6.52. The maximum Gasteiger partial charge on any atom is 0.229 e. The molecule has 0 unspecified atom stereocenters. The second kappa shape index (κ2) is 6.33. The zero-order valence-electron chi connectivity index (χ0n) is 11.8. The van der Waals surface area contributed by atoms with Gasteiger partial charge in [-0.05, 0) is 18.5 Å². The lowest BCUT2D eigenvalue weighted by Crippen LogP contribution is -2.28. The number of hydrogen-bond acceptors (Lipinski definition) is 4. The molecule has 0 bridgehead atoms. The molecule has 1 aliphatic rings. The summed E-state index contributed by atoms with van der Waals surface area (Å²) in [5.41, 5.74) is 0.558. The standard InChI is InChI=1S/C14H19ClN2O3/c1-8-6-16-7-9(8)14(18)17-11-4-10(15)12(19-2)5-13(11)20-3/h4-5,8-9,16H,6-7H2,1-3H3,(H,17,18)/t8-,9-/m1/s1. The number of carbonyl (C=O) groups excluding carboxylic acids is 1. The molecule has 0 spiro atoms. The van der Waals surface area contributed by atoms with Crippen molar-refractivity contribution in [1.82, 2.24) is 5.32 Å². The second-order valence-electron chi connectivity index (χ2n) is 4.92. The lowest BCUT2D eigenvalue weighted by molar-refractivity contribution is -0.120. The van der Waals surface area contributed by atoms with Crippen LogP contribution in [0.5, 0.6) is 11.5 Å². The third-order valence-corrected chi connectivity index (χ3v) is 3.88. The molecule has 0 saturated carbocycles. The number of nitrogens with one attached hydrogen (secondary N) is 2. The predicted molar refractivity (Wildman–Crippen MR) is 78.7 cm³/mol. The molecular weight excluding hydrogens is 280 g/mol. The topological polar surface area (TPSA) is 59.6 Å². The first-order valence-electron chi connectivity index (χ1n) is 6.50. The lowest BCUT2D eigenvalue weighted by atomic mass is 9.97. The van der Waals surface area contributed by atoms with E-state index in [1.54, 1.807) is 12.1 Å². The maximum atomic E-state index is 12.3. The average molecular weight is 299 g/mol. The second-order valence-corrected chi connectivity index (χ2v) is 5.33. The maximum absolute atomic E-state index is 12.3. The van der Waals surface area contributed by atoms with Crippen molar-refractivity contribution >= 4 is 23.2 Å². The van der Waals surface area contributed by atoms with Crippen molar-refractivity contribution < 1.29 is 14.3 Å². The first-order chi connectivity index (χ1) is 9.56. The summed E-state index contributed by atoms with van der Waals surface area (Å²) in [6, 6.07) is 3.30. The van der Waals surface area contributed by atoms with Crippen LogP contribution in [0.2, 0.25) is 5.02 Å². The van der Waals surface area contributed by atoms with Crippen molar-refractivity contribution in [3.8, 4) is 11.5 Å². The monoisotopic (exact) mass is 298 g/mol. The van der Waals surface area contributed by atoms with Crippen LogP contribution in [0.25, 0.3) is 0 Å². The number of ether oxygens (including phenoxy) is 2. The van der Waals surface area contributed by atoms with Crippen molar-refractivity contribution in [1.29, 1.82) is 0 Å². The Morgan fingerprint density at radius 1 is 1.30 bits per heavy atom. The van der Waals surface area contributed by atoms with Crippen molar-refractivity contribution in [2.24, 2.45) is 11.8 Å². The minimum atomic E-state index is -0.0411. The summed E-state index contributed by atoms with van der Waals surface area (Å²) in [6.45, 7) is 3.61. The molecule has 2 atom stereocenters.